The van der Waals surface area contributed by atoms with Crippen molar-refractivity contribution in [1.82, 2.24) is 0 Å². The first kappa shape index (κ1) is 29.3. The lowest BCUT2D eigenvalue weighted by atomic mass is 9.79. The maximum Gasteiger partial charge on any atom is 0.135 e. The van der Waals surface area contributed by atoms with Gasteiger partial charge in [0.15, 0.2) is 0 Å². The molecule has 0 fully saturated rings. The molecule has 0 N–H and O–H groups in total. The zero-order valence-corrected chi connectivity index (χ0v) is 29.1. The zero-order valence-electron chi connectivity index (χ0n) is 29.1. The van der Waals surface area contributed by atoms with Crippen molar-refractivity contribution in [2.24, 2.45) is 0 Å². The highest BCUT2D eigenvalue weighted by molar-refractivity contribution is 6.24. The Balaban J connectivity index is 1.21. The molecule has 1 aliphatic rings. The largest absolute Gasteiger partial charge is 0.456 e. The molecule has 1 heteroatoms. The van der Waals surface area contributed by atoms with Crippen LogP contribution in [-0.4, -0.2) is 0 Å². The van der Waals surface area contributed by atoms with Crippen LogP contribution in [0.2, 0.25) is 0 Å². The van der Waals surface area contributed by atoms with Crippen LogP contribution in [0.25, 0.3) is 98.8 Å². The van der Waals surface area contributed by atoms with Crippen LogP contribution in [0, 0.1) is 0 Å². The summed E-state index contributed by atoms with van der Waals surface area (Å²) in [6.45, 7) is 4.79. The molecular formula is C51H34O. The molecule has 11 rings (SSSR count). The van der Waals surface area contributed by atoms with E-state index >= 15 is 0 Å². The Hall–Kier alpha value is -6.44. The minimum Gasteiger partial charge on any atom is -0.456 e. The number of hydrogen-bond donors (Lipinski definition) is 0. The summed E-state index contributed by atoms with van der Waals surface area (Å²) >= 11 is 0. The van der Waals surface area contributed by atoms with Crippen molar-refractivity contribution in [3.63, 3.8) is 0 Å². The Morgan fingerprint density at radius 2 is 0.923 bits per heavy atom. The molecule has 1 aliphatic carbocycles. The van der Waals surface area contributed by atoms with Crippen LogP contribution in [0.4, 0.5) is 0 Å². The van der Waals surface area contributed by atoms with E-state index in [0.29, 0.717) is 0 Å². The summed E-state index contributed by atoms with van der Waals surface area (Å²) in [6, 6.07) is 62.4. The number of furan rings is 1. The minimum absolute atomic E-state index is 0.132. The normalized spacial score (nSPS) is 13.3. The summed E-state index contributed by atoms with van der Waals surface area (Å²) in [5.41, 5.74) is 14.7. The highest BCUT2D eigenvalue weighted by atomic mass is 16.3. The van der Waals surface area contributed by atoms with E-state index in [4.69, 9.17) is 4.42 Å². The third-order valence-electron chi connectivity index (χ3n) is 11.6. The average molecular weight is 663 g/mol. The first-order valence-electron chi connectivity index (χ1n) is 18.2. The second-order valence-corrected chi connectivity index (χ2v) is 14.8. The van der Waals surface area contributed by atoms with E-state index in [2.05, 4.69) is 172 Å². The fourth-order valence-electron chi connectivity index (χ4n) is 9.41. The number of fused-ring (bicyclic) bond motifs is 10. The summed E-state index contributed by atoms with van der Waals surface area (Å²) in [5, 5.41) is 9.97. The average Bonchev–Trinajstić information content (AvgIpc) is 3.68. The van der Waals surface area contributed by atoms with Crippen LogP contribution in [0.1, 0.15) is 25.0 Å². The molecule has 0 atom stereocenters. The van der Waals surface area contributed by atoms with Crippen molar-refractivity contribution in [1.29, 1.82) is 0 Å². The molecule has 0 unspecified atom stereocenters. The summed E-state index contributed by atoms with van der Waals surface area (Å²) in [5.74, 6) is 0. The lowest BCUT2D eigenvalue weighted by Crippen LogP contribution is -2.15. The van der Waals surface area contributed by atoms with E-state index < -0.39 is 0 Å². The SMILES string of the molecule is CC1(C)c2cccc(-c3c4ccccc4c(-c4ccccc4-c4ccc5oc6ccccc6c5c4)c4ccccc34)c2-c2ccc3ccccc3c21. The van der Waals surface area contributed by atoms with E-state index in [1.807, 2.05) is 12.1 Å². The van der Waals surface area contributed by atoms with E-state index in [-0.39, 0.29) is 5.41 Å². The van der Waals surface area contributed by atoms with Crippen molar-refractivity contribution < 1.29 is 4.42 Å². The smallest absolute Gasteiger partial charge is 0.135 e. The van der Waals surface area contributed by atoms with Crippen LogP contribution < -0.4 is 0 Å². The highest BCUT2D eigenvalue weighted by Crippen LogP contribution is 2.56. The molecule has 1 aromatic heterocycles. The second-order valence-electron chi connectivity index (χ2n) is 14.8. The van der Waals surface area contributed by atoms with Gasteiger partial charge in [-0.2, -0.15) is 0 Å². The number of hydrogen-bond acceptors (Lipinski definition) is 1. The number of para-hydroxylation sites is 1. The maximum atomic E-state index is 6.22. The number of benzene rings is 9. The van der Waals surface area contributed by atoms with E-state index in [0.717, 1.165) is 21.9 Å². The molecule has 1 heterocycles. The highest BCUT2D eigenvalue weighted by Gasteiger charge is 2.38. The van der Waals surface area contributed by atoms with Crippen molar-refractivity contribution >= 4 is 54.3 Å². The molecule has 0 bridgehead atoms. The van der Waals surface area contributed by atoms with Crippen LogP contribution in [0.15, 0.2) is 174 Å². The van der Waals surface area contributed by atoms with Crippen LogP contribution >= 0.6 is 0 Å². The third-order valence-corrected chi connectivity index (χ3v) is 11.6. The van der Waals surface area contributed by atoms with Gasteiger partial charge >= 0.3 is 0 Å². The Morgan fingerprint density at radius 3 is 1.65 bits per heavy atom. The van der Waals surface area contributed by atoms with Gasteiger partial charge in [0, 0.05) is 16.2 Å². The van der Waals surface area contributed by atoms with Crippen molar-refractivity contribution in [2.45, 2.75) is 19.3 Å². The van der Waals surface area contributed by atoms with Crippen molar-refractivity contribution in [3.8, 4) is 44.5 Å². The molecular weight excluding hydrogens is 629 g/mol. The van der Waals surface area contributed by atoms with Gasteiger partial charge in [0.2, 0.25) is 0 Å². The lowest BCUT2D eigenvalue weighted by molar-refractivity contribution is 0.666. The summed E-state index contributed by atoms with van der Waals surface area (Å²) < 4.78 is 6.22. The monoisotopic (exact) mass is 662 g/mol. The first-order valence-corrected chi connectivity index (χ1v) is 18.2. The number of rotatable bonds is 3. The van der Waals surface area contributed by atoms with Crippen molar-refractivity contribution in [3.05, 3.63) is 181 Å². The molecule has 1 nitrogen and oxygen atoms in total. The molecule has 0 saturated carbocycles. The Kier molecular flexibility index (Phi) is 6.08. The Bertz CT molecular complexity index is 3040. The molecule has 0 aliphatic heterocycles. The van der Waals surface area contributed by atoms with Crippen LogP contribution in [0.5, 0.6) is 0 Å². The fourth-order valence-corrected chi connectivity index (χ4v) is 9.41. The summed E-state index contributed by atoms with van der Waals surface area (Å²) in [6.07, 6.45) is 0. The van der Waals surface area contributed by atoms with E-state index in [1.54, 1.807) is 0 Å². The molecule has 0 amide bonds. The van der Waals surface area contributed by atoms with Gasteiger partial charge < -0.3 is 4.42 Å². The fraction of sp³-hybridized carbons (Fsp3) is 0.0588. The van der Waals surface area contributed by atoms with Gasteiger partial charge in [0.25, 0.3) is 0 Å². The predicted molar refractivity (Wildman–Crippen MR) is 220 cm³/mol. The Labute approximate surface area is 302 Å². The van der Waals surface area contributed by atoms with E-state index in [1.165, 1.54) is 88.0 Å². The van der Waals surface area contributed by atoms with Gasteiger partial charge in [-0.05, 0) is 106 Å². The van der Waals surface area contributed by atoms with Gasteiger partial charge in [-0.25, -0.2) is 0 Å². The second kappa shape index (κ2) is 10.8. The molecule has 0 saturated heterocycles. The molecule has 10 aromatic rings. The van der Waals surface area contributed by atoms with Crippen LogP contribution in [0.3, 0.4) is 0 Å². The zero-order chi connectivity index (χ0) is 34.6. The Morgan fingerprint density at radius 1 is 0.365 bits per heavy atom. The molecule has 0 radical (unpaired) electrons. The van der Waals surface area contributed by atoms with Gasteiger partial charge in [0.1, 0.15) is 11.2 Å². The quantitative estimate of drug-likeness (QED) is 0.172. The van der Waals surface area contributed by atoms with Gasteiger partial charge in [0.05, 0.1) is 0 Å². The molecule has 244 valence electrons. The first-order chi connectivity index (χ1) is 25.6. The molecule has 0 spiro atoms. The lowest BCUT2D eigenvalue weighted by Gasteiger charge is -2.24. The predicted octanol–water partition coefficient (Wildman–Crippen LogP) is 14.4. The summed E-state index contributed by atoms with van der Waals surface area (Å²) in [4.78, 5) is 0. The van der Waals surface area contributed by atoms with Crippen LogP contribution in [-0.2, 0) is 5.41 Å². The molecule has 52 heavy (non-hydrogen) atoms. The van der Waals surface area contributed by atoms with Gasteiger partial charge in [-0.3, -0.25) is 0 Å². The third kappa shape index (κ3) is 3.99. The topological polar surface area (TPSA) is 13.1 Å². The van der Waals surface area contributed by atoms with Gasteiger partial charge in [-0.1, -0.05) is 166 Å². The van der Waals surface area contributed by atoms with Gasteiger partial charge in [-0.15, -0.1) is 0 Å². The van der Waals surface area contributed by atoms with Crippen molar-refractivity contribution in [2.75, 3.05) is 0 Å². The minimum atomic E-state index is -0.132. The standard InChI is InChI=1S/C51H34O/c1-51(2)44-24-13-23-41(49(44)42-28-26-31-14-3-4-16-34(31)50(42)51)48-39-21-9-7-19-37(39)47(38-20-8-10-22-40(38)48)36-18-6-5-15-33(36)32-27-29-46-43(30-32)35-17-11-12-25-45(35)52-46/h3-30H,1-2H3. The maximum absolute atomic E-state index is 6.22. The molecule has 9 aromatic carbocycles. The summed E-state index contributed by atoms with van der Waals surface area (Å²) in [7, 11) is 0. The van der Waals surface area contributed by atoms with E-state index in [9.17, 15) is 0 Å².